The van der Waals surface area contributed by atoms with Crippen molar-refractivity contribution >= 4 is 5.97 Å². The standard InChI is InChI=1S/C17H33FO2/c1-3-4-5-7-10-13-16(18)14-11-8-6-9-12-15-17(19)20-2/h16H,3-15H2,1-2H3/t16-/m1/s1. The average molecular weight is 288 g/mol. The second-order valence-electron chi connectivity index (χ2n) is 5.68. The van der Waals surface area contributed by atoms with Crippen LogP contribution in [0.4, 0.5) is 4.39 Å². The fourth-order valence-corrected chi connectivity index (χ4v) is 2.38. The quantitative estimate of drug-likeness (QED) is 0.308. The van der Waals surface area contributed by atoms with Gasteiger partial charge in [-0.1, -0.05) is 64.7 Å². The molecule has 0 unspecified atom stereocenters. The van der Waals surface area contributed by atoms with Crippen molar-refractivity contribution in [2.45, 2.75) is 96.6 Å². The van der Waals surface area contributed by atoms with Crippen LogP contribution in [0, 0.1) is 0 Å². The molecule has 0 aliphatic carbocycles. The van der Waals surface area contributed by atoms with Gasteiger partial charge in [-0.05, 0) is 19.3 Å². The normalized spacial score (nSPS) is 12.3. The van der Waals surface area contributed by atoms with Crippen LogP contribution in [0.3, 0.4) is 0 Å². The average Bonchev–Trinajstić information content (AvgIpc) is 2.45. The van der Waals surface area contributed by atoms with E-state index >= 15 is 0 Å². The zero-order valence-electron chi connectivity index (χ0n) is 13.5. The Balaban J connectivity index is 3.18. The first-order chi connectivity index (χ1) is 9.70. The maximum absolute atomic E-state index is 13.6. The van der Waals surface area contributed by atoms with Gasteiger partial charge in [-0.25, -0.2) is 4.39 Å². The van der Waals surface area contributed by atoms with Crippen LogP contribution < -0.4 is 0 Å². The van der Waals surface area contributed by atoms with E-state index < -0.39 is 6.17 Å². The van der Waals surface area contributed by atoms with E-state index in [1.807, 2.05) is 0 Å². The molecule has 0 saturated carbocycles. The summed E-state index contributed by atoms with van der Waals surface area (Å²) < 4.78 is 18.2. The van der Waals surface area contributed by atoms with E-state index in [1.165, 1.54) is 32.8 Å². The molecule has 0 aromatic carbocycles. The van der Waals surface area contributed by atoms with Gasteiger partial charge in [-0.15, -0.1) is 0 Å². The van der Waals surface area contributed by atoms with Crippen LogP contribution in [0.5, 0.6) is 0 Å². The summed E-state index contributed by atoms with van der Waals surface area (Å²) in [5, 5.41) is 0. The minimum absolute atomic E-state index is 0.128. The number of carbonyl (C=O) groups is 1. The minimum Gasteiger partial charge on any atom is -0.469 e. The summed E-state index contributed by atoms with van der Waals surface area (Å²) in [6, 6.07) is 0. The number of ether oxygens (including phenoxy) is 1. The summed E-state index contributed by atoms with van der Waals surface area (Å²) >= 11 is 0. The summed E-state index contributed by atoms with van der Waals surface area (Å²) in [5.74, 6) is -0.128. The smallest absolute Gasteiger partial charge is 0.305 e. The van der Waals surface area contributed by atoms with Crippen molar-refractivity contribution in [1.29, 1.82) is 0 Å². The molecule has 0 aliphatic rings. The van der Waals surface area contributed by atoms with E-state index in [-0.39, 0.29) is 5.97 Å². The first kappa shape index (κ1) is 19.4. The minimum atomic E-state index is -0.605. The van der Waals surface area contributed by atoms with Crippen LogP contribution in [-0.2, 0) is 9.53 Å². The predicted molar refractivity (Wildman–Crippen MR) is 82.6 cm³/mol. The molecule has 0 fully saturated rings. The summed E-state index contributed by atoms with van der Waals surface area (Å²) in [6.07, 6.45) is 12.5. The Kier molecular flexibility index (Phi) is 14.4. The molecule has 0 aromatic heterocycles. The van der Waals surface area contributed by atoms with Gasteiger partial charge >= 0.3 is 5.97 Å². The van der Waals surface area contributed by atoms with Gasteiger partial charge in [0.2, 0.25) is 0 Å². The molecule has 0 spiro atoms. The van der Waals surface area contributed by atoms with Gasteiger partial charge in [0.1, 0.15) is 6.17 Å². The lowest BCUT2D eigenvalue weighted by Gasteiger charge is -2.08. The van der Waals surface area contributed by atoms with Crippen LogP contribution in [0.15, 0.2) is 0 Å². The fourth-order valence-electron chi connectivity index (χ4n) is 2.38. The number of hydrogen-bond donors (Lipinski definition) is 0. The fraction of sp³-hybridized carbons (Fsp3) is 0.941. The van der Waals surface area contributed by atoms with Crippen molar-refractivity contribution in [2.24, 2.45) is 0 Å². The third-order valence-corrected chi connectivity index (χ3v) is 3.75. The molecule has 20 heavy (non-hydrogen) atoms. The maximum Gasteiger partial charge on any atom is 0.305 e. The molecule has 0 aromatic rings. The van der Waals surface area contributed by atoms with Crippen molar-refractivity contribution in [3.05, 3.63) is 0 Å². The van der Waals surface area contributed by atoms with Crippen molar-refractivity contribution in [3.63, 3.8) is 0 Å². The number of hydrogen-bond acceptors (Lipinski definition) is 2. The number of methoxy groups -OCH3 is 1. The lowest BCUT2D eigenvalue weighted by atomic mass is 10.0. The zero-order valence-corrected chi connectivity index (χ0v) is 13.5. The Morgan fingerprint density at radius 2 is 1.40 bits per heavy atom. The van der Waals surface area contributed by atoms with Crippen LogP contribution in [-0.4, -0.2) is 19.3 Å². The molecule has 3 heteroatoms. The summed E-state index contributed by atoms with van der Waals surface area (Å²) in [6.45, 7) is 2.20. The molecule has 120 valence electrons. The molecule has 1 atom stereocenters. The molecule has 0 radical (unpaired) electrons. The Labute approximate surface area is 124 Å². The van der Waals surface area contributed by atoms with Gasteiger partial charge < -0.3 is 4.74 Å². The van der Waals surface area contributed by atoms with Gasteiger partial charge in [0.15, 0.2) is 0 Å². The van der Waals surface area contributed by atoms with Crippen LogP contribution in [0.25, 0.3) is 0 Å². The third-order valence-electron chi connectivity index (χ3n) is 3.75. The van der Waals surface area contributed by atoms with Crippen molar-refractivity contribution < 1.29 is 13.9 Å². The van der Waals surface area contributed by atoms with Crippen molar-refractivity contribution in [3.8, 4) is 0 Å². The number of carbonyl (C=O) groups excluding carboxylic acids is 1. The molecule has 0 heterocycles. The molecule has 0 aliphatic heterocycles. The van der Waals surface area contributed by atoms with E-state index in [1.54, 1.807) is 0 Å². The van der Waals surface area contributed by atoms with Crippen molar-refractivity contribution in [2.75, 3.05) is 7.11 Å². The Bertz CT molecular complexity index is 219. The van der Waals surface area contributed by atoms with Gasteiger partial charge in [0, 0.05) is 6.42 Å². The highest BCUT2D eigenvalue weighted by atomic mass is 19.1. The Morgan fingerprint density at radius 3 is 1.95 bits per heavy atom. The maximum atomic E-state index is 13.6. The molecule has 0 saturated heterocycles. The summed E-state index contributed by atoms with van der Waals surface area (Å²) in [7, 11) is 1.42. The van der Waals surface area contributed by atoms with Crippen LogP contribution >= 0.6 is 0 Å². The second-order valence-corrected chi connectivity index (χ2v) is 5.68. The molecule has 0 bridgehead atoms. The third kappa shape index (κ3) is 13.8. The van der Waals surface area contributed by atoms with Crippen molar-refractivity contribution in [1.82, 2.24) is 0 Å². The van der Waals surface area contributed by atoms with E-state index in [9.17, 15) is 9.18 Å². The Hall–Kier alpha value is -0.600. The number of esters is 1. The number of alkyl halides is 1. The molecule has 0 amide bonds. The zero-order chi connectivity index (χ0) is 15.1. The summed E-state index contributed by atoms with van der Waals surface area (Å²) in [4.78, 5) is 10.9. The molecular formula is C17H33FO2. The van der Waals surface area contributed by atoms with E-state index in [0.717, 1.165) is 44.9 Å². The lowest BCUT2D eigenvalue weighted by Crippen LogP contribution is -2.00. The van der Waals surface area contributed by atoms with E-state index in [0.29, 0.717) is 12.8 Å². The highest BCUT2D eigenvalue weighted by Gasteiger charge is 2.06. The topological polar surface area (TPSA) is 26.3 Å². The molecule has 2 nitrogen and oxygen atoms in total. The molecule has 0 rings (SSSR count). The van der Waals surface area contributed by atoms with E-state index in [4.69, 9.17) is 0 Å². The molecule has 0 N–H and O–H groups in total. The number of halogens is 1. The lowest BCUT2D eigenvalue weighted by molar-refractivity contribution is -0.140. The SMILES string of the molecule is CCCCCCC[C@@H](F)CCCCCCCC(=O)OC. The van der Waals surface area contributed by atoms with Gasteiger partial charge in [0.25, 0.3) is 0 Å². The number of unbranched alkanes of at least 4 members (excludes halogenated alkanes) is 8. The second kappa shape index (κ2) is 14.8. The first-order valence-electron chi connectivity index (χ1n) is 8.41. The highest BCUT2D eigenvalue weighted by Crippen LogP contribution is 2.16. The number of rotatable bonds is 14. The summed E-state index contributed by atoms with van der Waals surface area (Å²) in [5.41, 5.74) is 0. The largest absolute Gasteiger partial charge is 0.469 e. The van der Waals surface area contributed by atoms with Gasteiger partial charge in [-0.2, -0.15) is 0 Å². The van der Waals surface area contributed by atoms with E-state index in [2.05, 4.69) is 11.7 Å². The highest BCUT2D eigenvalue weighted by molar-refractivity contribution is 5.68. The monoisotopic (exact) mass is 288 g/mol. The Morgan fingerprint density at radius 1 is 0.900 bits per heavy atom. The van der Waals surface area contributed by atoms with Crippen LogP contribution in [0.2, 0.25) is 0 Å². The first-order valence-corrected chi connectivity index (χ1v) is 8.41. The van der Waals surface area contributed by atoms with Crippen LogP contribution in [0.1, 0.15) is 90.4 Å². The predicted octanol–water partition coefficient (Wildman–Crippen LogP) is 5.59. The van der Waals surface area contributed by atoms with Gasteiger partial charge in [0.05, 0.1) is 7.11 Å². The van der Waals surface area contributed by atoms with Gasteiger partial charge in [-0.3, -0.25) is 4.79 Å². The molecular weight excluding hydrogens is 255 g/mol.